The molecule has 2 aromatic carbocycles. The van der Waals surface area contributed by atoms with Gasteiger partial charge in [-0.15, -0.1) is 0 Å². The highest BCUT2D eigenvalue weighted by atomic mass is 35.5. The fourth-order valence-electron chi connectivity index (χ4n) is 3.37. The molecule has 0 unspecified atom stereocenters. The van der Waals surface area contributed by atoms with Crippen LogP contribution in [0.5, 0.6) is 0 Å². The third kappa shape index (κ3) is 3.15. The molecule has 4 nitrogen and oxygen atoms in total. The summed E-state index contributed by atoms with van der Waals surface area (Å²) >= 11 is 12.6. The van der Waals surface area contributed by atoms with E-state index in [4.69, 9.17) is 23.8 Å². The molecule has 2 aromatic rings. The summed E-state index contributed by atoms with van der Waals surface area (Å²) in [7, 11) is 0. The van der Waals surface area contributed by atoms with Crippen LogP contribution in [0.4, 0.5) is 11.4 Å². The molecule has 0 bridgehead atoms. The molecule has 0 atom stereocenters. The summed E-state index contributed by atoms with van der Waals surface area (Å²) in [5, 5.41) is 0.582. The minimum absolute atomic E-state index is 0.133. The summed E-state index contributed by atoms with van der Waals surface area (Å²) in [5.41, 5.74) is 2.73. The van der Waals surface area contributed by atoms with Crippen LogP contribution in [0.3, 0.4) is 0 Å². The van der Waals surface area contributed by atoms with E-state index in [0.717, 1.165) is 24.1 Å². The molecule has 1 saturated heterocycles. The molecule has 2 amide bonds. The monoisotopic (exact) mass is 428 g/mol. The van der Waals surface area contributed by atoms with E-state index < -0.39 is 0 Å². The number of rotatable bonds is 4. The van der Waals surface area contributed by atoms with Gasteiger partial charge >= 0.3 is 0 Å². The number of halogens is 1. The Bertz CT molecular complexity index is 1020. The van der Waals surface area contributed by atoms with Gasteiger partial charge in [0.1, 0.15) is 0 Å². The Morgan fingerprint density at radius 3 is 2.46 bits per heavy atom. The van der Waals surface area contributed by atoms with Crippen molar-refractivity contribution in [3.63, 3.8) is 0 Å². The van der Waals surface area contributed by atoms with Crippen molar-refractivity contribution in [1.29, 1.82) is 0 Å². The Morgan fingerprint density at radius 1 is 1.04 bits per heavy atom. The molecule has 4 rings (SSSR count). The van der Waals surface area contributed by atoms with Crippen LogP contribution in [-0.2, 0) is 9.59 Å². The second-order valence-electron chi connectivity index (χ2n) is 6.52. The third-order valence-corrected chi connectivity index (χ3v) is 6.36. The minimum atomic E-state index is -0.271. The lowest BCUT2D eigenvalue weighted by Crippen LogP contribution is -2.29. The van der Waals surface area contributed by atoms with E-state index in [0.29, 0.717) is 32.1 Å². The van der Waals surface area contributed by atoms with E-state index in [-0.39, 0.29) is 11.8 Å². The average molecular weight is 429 g/mol. The first-order valence-electron chi connectivity index (χ1n) is 9.00. The second kappa shape index (κ2) is 7.70. The molecule has 142 valence electrons. The van der Waals surface area contributed by atoms with Crippen LogP contribution >= 0.6 is 35.6 Å². The topological polar surface area (TPSA) is 40.6 Å². The number of carbonyl (C=O) groups excluding carboxylic acids is 2. The zero-order valence-corrected chi connectivity index (χ0v) is 17.5. The van der Waals surface area contributed by atoms with Gasteiger partial charge in [-0.2, -0.15) is 0 Å². The molecule has 1 fully saturated rings. The summed E-state index contributed by atoms with van der Waals surface area (Å²) < 4.78 is 0.409. The fourth-order valence-corrected chi connectivity index (χ4v) is 4.87. The van der Waals surface area contributed by atoms with Crippen LogP contribution in [0.2, 0.25) is 5.02 Å². The van der Waals surface area contributed by atoms with E-state index in [2.05, 4.69) is 6.92 Å². The van der Waals surface area contributed by atoms with Crippen LogP contribution in [0, 0.1) is 0 Å². The van der Waals surface area contributed by atoms with E-state index in [1.54, 1.807) is 29.2 Å². The lowest BCUT2D eigenvalue weighted by molar-refractivity contribution is -0.115. The molecule has 7 heteroatoms. The van der Waals surface area contributed by atoms with Gasteiger partial charge < -0.3 is 4.90 Å². The van der Waals surface area contributed by atoms with Crippen molar-refractivity contribution in [1.82, 2.24) is 0 Å². The van der Waals surface area contributed by atoms with Crippen LogP contribution in [-0.4, -0.2) is 22.7 Å². The Hall–Kier alpha value is -2.15. The van der Waals surface area contributed by atoms with Crippen molar-refractivity contribution >= 4 is 68.7 Å². The summed E-state index contributed by atoms with van der Waals surface area (Å²) in [6.07, 6.45) is 1.89. The number of benzene rings is 2. The standard InChI is InChI=1S/C21H17ClN2O2S2/c1-2-3-12-23-16-7-5-4-6-15(16)17(19(23)25)18-20(26)24(21(27)28-18)14-10-8-13(22)9-11-14/h4-11H,2-3,12H2,1H3. The molecular weight excluding hydrogens is 412 g/mol. The molecule has 2 heterocycles. The Morgan fingerprint density at radius 2 is 1.75 bits per heavy atom. The number of carbonyl (C=O) groups is 2. The summed E-state index contributed by atoms with van der Waals surface area (Å²) in [5.74, 6) is -0.404. The molecule has 2 aliphatic rings. The van der Waals surface area contributed by atoms with Crippen molar-refractivity contribution in [2.24, 2.45) is 0 Å². The van der Waals surface area contributed by atoms with Crippen molar-refractivity contribution in [3.8, 4) is 0 Å². The fraction of sp³-hybridized carbons (Fsp3) is 0.190. The van der Waals surface area contributed by atoms with E-state index in [1.807, 2.05) is 24.3 Å². The van der Waals surface area contributed by atoms with Gasteiger partial charge in [-0.1, -0.05) is 67.1 Å². The molecule has 0 saturated carbocycles. The van der Waals surface area contributed by atoms with Gasteiger partial charge in [-0.05, 0) is 36.8 Å². The lowest BCUT2D eigenvalue weighted by Gasteiger charge is -2.16. The van der Waals surface area contributed by atoms with Crippen LogP contribution < -0.4 is 9.80 Å². The molecule has 2 aliphatic heterocycles. The predicted octanol–water partition coefficient (Wildman–Crippen LogP) is 5.26. The van der Waals surface area contributed by atoms with E-state index in [1.165, 1.54) is 16.7 Å². The second-order valence-corrected chi connectivity index (χ2v) is 8.60. The number of fused-ring (bicyclic) bond motifs is 1. The Kier molecular flexibility index (Phi) is 5.27. The maximum Gasteiger partial charge on any atom is 0.271 e. The largest absolute Gasteiger partial charge is 0.308 e. The highest BCUT2D eigenvalue weighted by Crippen LogP contribution is 2.45. The highest BCUT2D eigenvalue weighted by Gasteiger charge is 2.42. The minimum Gasteiger partial charge on any atom is -0.308 e. The number of unbranched alkanes of at least 4 members (excludes halogenated alkanes) is 1. The third-order valence-electron chi connectivity index (χ3n) is 4.74. The molecular formula is C21H17ClN2O2S2. The van der Waals surface area contributed by atoms with Crippen molar-refractivity contribution < 1.29 is 9.59 Å². The number of hydrogen-bond donors (Lipinski definition) is 0. The highest BCUT2D eigenvalue weighted by molar-refractivity contribution is 8.27. The number of anilines is 2. The smallest absolute Gasteiger partial charge is 0.271 e. The number of thiocarbonyl (C=S) groups is 1. The number of para-hydroxylation sites is 1. The molecule has 0 N–H and O–H groups in total. The van der Waals surface area contributed by atoms with Gasteiger partial charge in [0.25, 0.3) is 11.8 Å². The zero-order valence-electron chi connectivity index (χ0n) is 15.1. The Balaban J connectivity index is 1.78. The van der Waals surface area contributed by atoms with Gasteiger partial charge in [-0.3, -0.25) is 14.5 Å². The first kappa shape index (κ1) is 19.2. The SMILES string of the molecule is CCCCN1C(=O)C(=C2SC(=S)N(c3ccc(Cl)cc3)C2=O)c2ccccc21. The summed E-state index contributed by atoms with van der Waals surface area (Å²) in [6.45, 7) is 2.72. The quantitative estimate of drug-likeness (QED) is 0.491. The summed E-state index contributed by atoms with van der Waals surface area (Å²) in [4.78, 5) is 30.1. The van der Waals surface area contributed by atoms with Crippen molar-refractivity contribution in [3.05, 3.63) is 64.0 Å². The van der Waals surface area contributed by atoms with Crippen LogP contribution in [0.15, 0.2) is 53.4 Å². The first-order chi connectivity index (χ1) is 13.5. The predicted molar refractivity (Wildman–Crippen MR) is 120 cm³/mol. The number of thioether (sulfide) groups is 1. The molecule has 28 heavy (non-hydrogen) atoms. The van der Waals surface area contributed by atoms with Gasteiger partial charge in [0, 0.05) is 17.1 Å². The Labute approximate surface area is 178 Å². The normalized spacial score (nSPS) is 19.0. The summed E-state index contributed by atoms with van der Waals surface area (Å²) in [6, 6.07) is 14.5. The first-order valence-corrected chi connectivity index (χ1v) is 10.6. The van der Waals surface area contributed by atoms with E-state index >= 15 is 0 Å². The number of nitrogens with zero attached hydrogens (tertiary/aromatic N) is 2. The van der Waals surface area contributed by atoms with Gasteiger partial charge in [0.05, 0.1) is 21.9 Å². The van der Waals surface area contributed by atoms with Gasteiger partial charge in [0.2, 0.25) is 0 Å². The van der Waals surface area contributed by atoms with Crippen LogP contribution in [0.25, 0.3) is 5.57 Å². The van der Waals surface area contributed by atoms with E-state index in [9.17, 15) is 9.59 Å². The van der Waals surface area contributed by atoms with Crippen LogP contribution in [0.1, 0.15) is 25.3 Å². The van der Waals surface area contributed by atoms with Gasteiger partial charge in [0.15, 0.2) is 4.32 Å². The number of hydrogen-bond acceptors (Lipinski definition) is 4. The molecule has 0 aliphatic carbocycles. The number of amides is 2. The van der Waals surface area contributed by atoms with Gasteiger partial charge in [-0.25, -0.2) is 0 Å². The maximum atomic E-state index is 13.2. The van der Waals surface area contributed by atoms with Crippen molar-refractivity contribution in [2.45, 2.75) is 19.8 Å². The zero-order chi connectivity index (χ0) is 19.8. The average Bonchev–Trinajstić information content (AvgIpc) is 3.13. The molecule has 0 spiro atoms. The molecule has 0 radical (unpaired) electrons. The lowest BCUT2D eigenvalue weighted by atomic mass is 10.1. The van der Waals surface area contributed by atoms with Crippen molar-refractivity contribution in [2.75, 3.05) is 16.3 Å². The maximum absolute atomic E-state index is 13.2. The molecule has 0 aromatic heterocycles.